The number of ether oxygens (including phenoxy) is 2. The lowest BCUT2D eigenvalue weighted by atomic mass is 9.93. The molecule has 0 saturated heterocycles. The predicted octanol–water partition coefficient (Wildman–Crippen LogP) is 4.23. The minimum Gasteiger partial charge on any atom is -0.497 e. The Morgan fingerprint density at radius 2 is 1.77 bits per heavy atom. The van der Waals surface area contributed by atoms with Crippen molar-refractivity contribution >= 4 is 22.6 Å². The van der Waals surface area contributed by atoms with Crippen molar-refractivity contribution < 1.29 is 23.1 Å². The molecule has 1 aliphatic heterocycles. The summed E-state index contributed by atoms with van der Waals surface area (Å²) in [5.41, 5.74) is 0.712. The number of methoxy groups -OCH3 is 1. The first-order valence-electron chi connectivity index (χ1n) is 9.79. The number of carbonyl (C=O) groups excluding carboxylic acids is 1. The standard InChI is InChI=1S/C24H19NO6/c1-13-7-12-18(29-13)19-20-21(16-5-3-4-6-17(16)30-24(20)27)31-22(19)23(26)25-14-8-10-15(28-2)11-9-14/h3-12,19,22H,1-2H3,(H,25,26)/t19-,22+/m0/s1. The van der Waals surface area contributed by atoms with Crippen molar-refractivity contribution in [3.05, 3.63) is 88.2 Å². The zero-order valence-corrected chi connectivity index (χ0v) is 16.9. The molecule has 1 aliphatic rings. The van der Waals surface area contributed by atoms with E-state index >= 15 is 0 Å². The zero-order chi connectivity index (χ0) is 21.5. The number of carbonyl (C=O) groups is 1. The van der Waals surface area contributed by atoms with Crippen LogP contribution in [0, 0.1) is 6.92 Å². The van der Waals surface area contributed by atoms with Crippen LogP contribution in [-0.2, 0) is 4.79 Å². The Bertz CT molecular complexity index is 1330. The molecule has 0 saturated carbocycles. The molecule has 0 unspecified atom stereocenters. The van der Waals surface area contributed by atoms with Gasteiger partial charge in [0.2, 0.25) is 0 Å². The molecule has 3 heterocycles. The number of amides is 1. The smallest absolute Gasteiger partial charge is 0.344 e. The van der Waals surface area contributed by atoms with Gasteiger partial charge in [0.25, 0.3) is 5.91 Å². The fourth-order valence-electron chi connectivity index (χ4n) is 3.88. The van der Waals surface area contributed by atoms with Gasteiger partial charge in [-0.1, -0.05) is 12.1 Å². The number of para-hydroxylation sites is 1. The van der Waals surface area contributed by atoms with Gasteiger partial charge in [0, 0.05) is 5.69 Å². The molecule has 31 heavy (non-hydrogen) atoms. The fourth-order valence-corrected chi connectivity index (χ4v) is 3.88. The molecule has 2 aromatic heterocycles. The Hall–Kier alpha value is -4.00. The van der Waals surface area contributed by atoms with E-state index in [2.05, 4.69) is 5.32 Å². The van der Waals surface area contributed by atoms with Gasteiger partial charge in [0.15, 0.2) is 6.10 Å². The van der Waals surface area contributed by atoms with Crippen LogP contribution >= 0.6 is 0 Å². The summed E-state index contributed by atoms with van der Waals surface area (Å²) in [4.78, 5) is 26.1. The van der Waals surface area contributed by atoms with Gasteiger partial charge >= 0.3 is 5.63 Å². The highest BCUT2D eigenvalue weighted by atomic mass is 16.5. The van der Waals surface area contributed by atoms with Crippen molar-refractivity contribution in [2.45, 2.75) is 18.9 Å². The summed E-state index contributed by atoms with van der Waals surface area (Å²) in [6, 6.07) is 17.6. The van der Waals surface area contributed by atoms with Crippen LogP contribution in [0.2, 0.25) is 0 Å². The second-order valence-corrected chi connectivity index (χ2v) is 7.31. The van der Waals surface area contributed by atoms with E-state index in [1.165, 1.54) is 0 Å². The molecule has 0 fully saturated rings. The molecule has 0 radical (unpaired) electrons. The first kappa shape index (κ1) is 19.0. The number of aryl methyl sites for hydroxylation is 1. The van der Waals surface area contributed by atoms with Gasteiger partial charge in [-0.15, -0.1) is 0 Å². The third kappa shape index (κ3) is 3.24. The van der Waals surface area contributed by atoms with Gasteiger partial charge < -0.3 is 23.6 Å². The summed E-state index contributed by atoms with van der Waals surface area (Å²) in [6.07, 6.45) is -1.00. The maximum Gasteiger partial charge on any atom is 0.344 e. The molecule has 4 aromatic rings. The van der Waals surface area contributed by atoms with E-state index < -0.39 is 23.6 Å². The molecule has 5 rings (SSSR count). The molecule has 0 spiro atoms. The van der Waals surface area contributed by atoms with Crippen molar-refractivity contribution in [1.29, 1.82) is 0 Å². The molecule has 7 nitrogen and oxygen atoms in total. The number of furan rings is 1. The van der Waals surface area contributed by atoms with Gasteiger partial charge in [-0.3, -0.25) is 4.79 Å². The predicted molar refractivity (Wildman–Crippen MR) is 114 cm³/mol. The van der Waals surface area contributed by atoms with E-state index in [1.54, 1.807) is 68.6 Å². The maximum absolute atomic E-state index is 13.2. The van der Waals surface area contributed by atoms with Crippen molar-refractivity contribution in [3.63, 3.8) is 0 Å². The Morgan fingerprint density at radius 1 is 1.00 bits per heavy atom. The second-order valence-electron chi connectivity index (χ2n) is 7.31. The van der Waals surface area contributed by atoms with Gasteiger partial charge in [-0.2, -0.15) is 0 Å². The third-order valence-corrected chi connectivity index (χ3v) is 5.34. The summed E-state index contributed by atoms with van der Waals surface area (Å²) in [5, 5.41) is 3.48. The highest BCUT2D eigenvalue weighted by Crippen LogP contribution is 2.44. The van der Waals surface area contributed by atoms with E-state index in [0.29, 0.717) is 39.7 Å². The summed E-state index contributed by atoms with van der Waals surface area (Å²) < 4.78 is 22.6. The van der Waals surface area contributed by atoms with Crippen LogP contribution in [0.15, 0.2) is 74.3 Å². The Balaban J connectivity index is 1.58. The fraction of sp³-hybridized carbons (Fsp3) is 0.167. The molecular formula is C24H19NO6. The molecule has 2 aromatic carbocycles. The number of hydrogen-bond acceptors (Lipinski definition) is 6. The van der Waals surface area contributed by atoms with E-state index in [-0.39, 0.29) is 5.56 Å². The van der Waals surface area contributed by atoms with Gasteiger partial charge in [-0.25, -0.2) is 4.79 Å². The molecule has 156 valence electrons. The summed E-state index contributed by atoms with van der Waals surface area (Å²) in [7, 11) is 1.57. The van der Waals surface area contributed by atoms with Crippen LogP contribution in [0.1, 0.15) is 23.0 Å². The lowest BCUT2D eigenvalue weighted by molar-refractivity contribution is -0.122. The SMILES string of the molecule is COc1ccc(NC(=O)[C@@H]2Oc3c(c(=O)oc4ccccc34)[C@@H]2c2ccc(C)o2)cc1. The van der Waals surface area contributed by atoms with E-state index in [4.69, 9.17) is 18.3 Å². The highest BCUT2D eigenvalue weighted by molar-refractivity contribution is 5.97. The topological polar surface area (TPSA) is 90.9 Å². The van der Waals surface area contributed by atoms with Crippen LogP contribution in [-0.4, -0.2) is 19.1 Å². The average Bonchev–Trinajstić information content (AvgIpc) is 3.38. The van der Waals surface area contributed by atoms with Crippen LogP contribution in [0.25, 0.3) is 11.0 Å². The number of hydrogen-bond donors (Lipinski definition) is 1. The van der Waals surface area contributed by atoms with E-state index in [1.807, 2.05) is 6.07 Å². The van der Waals surface area contributed by atoms with Crippen molar-refractivity contribution in [2.24, 2.45) is 0 Å². The molecule has 0 bridgehead atoms. The molecule has 1 amide bonds. The van der Waals surface area contributed by atoms with Gasteiger partial charge in [0.1, 0.15) is 28.6 Å². The number of anilines is 1. The normalized spacial score (nSPS) is 17.2. The first-order chi connectivity index (χ1) is 15.0. The largest absolute Gasteiger partial charge is 0.497 e. The van der Waals surface area contributed by atoms with Gasteiger partial charge in [-0.05, 0) is 55.5 Å². The minimum absolute atomic E-state index is 0.280. The molecule has 0 aliphatic carbocycles. The lowest BCUT2D eigenvalue weighted by Gasteiger charge is -2.17. The first-order valence-corrected chi connectivity index (χ1v) is 9.79. The van der Waals surface area contributed by atoms with Gasteiger partial charge in [0.05, 0.1) is 24.0 Å². The minimum atomic E-state index is -1.00. The maximum atomic E-state index is 13.2. The lowest BCUT2D eigenvalue weighted by Crippen LogP contribution is -2.35. The average molecular weight is 417 g/mol. The monoisotopic (exact) mass is 417 g/mol. The molecule has 1 N–H and O–H groups in total. The molecular weight excluding hydrogens is 398 g/mol. The van der Waals surface area contributed by atoms with Crippen LogP contribution in [0.5, 0.6) is 11.5 Å². The number of fused-ring (bicyclic) bond motifs is 3. The third-order valence-electron chi connectivity index (χ3n) is 5.34. The zero-order valence-electron chi connectivity index (χ0n) is 16.9. The number of benzene rings is 2. The van der Waals surface area contributed by atoms with Crippen molar-refractivity contribution in [2.75, 3.05) is 12.4 Å². The Kier molecular flexibility index (Phi) is 4.51. The van der Waals surface area contributed by atoms with Crippen LogP contribution < -0.4 is 20.4 Å². The summed E-state index contributed by atoms with van der Waals surface area (Å²) in [6.45, 7) is 1.80. The molecule has 7 heteroatoms. The number of nitrogens with one attached hydrogen (secondary N) is 1. The highest BCUT2D eigenvalue weighted by Gasteiger charge is 2.45. The summed E-state index contributed by atoms with van der Waals surface area (Å²) >= 11 is 0. The van der Waals surface area contributed by atoms with Crippen LogP contribution in [0.4, 0.5) is 5.69 Å². The van der Waals surface area contributed by atoms with Crippen molar-refractivity contribution in [3.8, 4) is 11.5 Å². The Morgan fingerprint density at radius 3 is 2.48 bits per heavy atom. The number of rotatable bonds is 4. The van der Waals surface area contributed by atoms with Crippen molar-refractivity contribution in [1.82, 2.24) is 0 Å². The van der Waals surface area contributed by atoms with E-state index in [9.17, 15) is 9.59 Å². The van der Waals surface area contributed by atoms with Crippen LogP contribution in [0.3, 0.4) is 0 Å². The van der Waals surface area contributed by atoms with E-state index in [0.717, 1.165) is 0 Å². The quantitative estimate of drug-likeness (QED) is 0.500. The summed E-state index contributed by atoms with van der Waals surface area (Å²) in [5.74, 6) is 1.03. The Labute approximate surface area is 177 Å². The molecule has 2 atom stereocenters. The second kappa shape index (κ2) is 7.36.